The Balaban J connectivity index is 1.94. The summed E-state index contributed by atoms with van der Waals surface area (Å²) in [5.74, 6) is -1.08. The summed E-state index contributed by atoms with van der Waals surface area (Å²) >= 11 is 0. The summed E-state index contributed by atoms with van der Waals surface area (Å²) in [5.41, 5.74) is 1.93. The summed E-state index contributed by atoms with van der Waals surface area (Å²) in [6.07, 6.45) is 1.91. The lowest BCUT2D eigenvalue weighted by Crippen LogP contribution is -2.42. The highest BCUT2D eigenvalue weighted by molar-refractivity contribution is 5.90. The second kappa shape index (κ2) is 6.41. The first-order chi connectivity index (χ1) is 9.61. The molecule has 0 radical (unpaired) electrons. The Hall–Kier alpha value is -2.04. The molecule has 1 aliphatic rings. The largest absolute Gasteiger partial charge is 0.481 e. The van der Waals surface area contributed by atoms with Gasteiger partial charge in [-0.3, -0.25) is 4.79 Å². The molecule has 1 aromatic rings. The fourth-order valence-electron chi connectivity index (χ4n) is 2.47. The molecule has 2 rings (SSSR count). The number of benzene rings is 1. The molecule has 0 spiro atoms. The molecule has 0 saturated carbocycles. The molecule has 1 fully saturated rings. The fourth-order valence-corrected chi connectivity index (χ4v) is 2.47. The number of anilines is 1. The summed E-state index contributed by atoms with van der Waals surface area (Å²) < 4.78 is 0. The van der Waals surface area contributed by atoms with Gasteiger partial charge in [-0.25, -0.2) is 4.79 Å². The Morgan fingerprint density at radius 2 is 1.95 bits per heavy atom. The van der Waals surface area contributed by atoms with Crippen LogP contribution >= 0.6 is 0 Å². The van der Waals surface area contributed by atoms with E-state index in [1.165, 1.54) is 0 Å². The normalized spacial score (nSPS) is 15.9. The second-order valence-corrected chi connectivity index (χ2v) is 5.04. The number of aliphatic carboxylic acids is 1. The van der Waals surface area contributed by atoms with Crippen molar-refractivity contribution in [2.24, 2.45) is 5.92 Å². The number of hydrogen-bond donors (Lipinski definition) is 2. The van der Waals surface area contributed by atoms with E-state index in [4.69, 9.17) is 5.11 Å². The molecule has 1 aliphatic heterocycles. The Bertz CT molecular complexity index is 494. The van der Waals surface area contributed by atoms with Gasteiger partial charge in [0, 0.05) is 18.8 Å². The SMILES string of the molecule is CCc1ccccc1NC(=O)N1CCC(C(=O)O)CC1. The second-order valence-electron chi connectivity index (χ2n) is 5.04. The molecular formula is C15H20N2O3. The molecule has 1 saturated heterocycles. The van der Waals surface area contributed by atoms with Crippen LogP contribution in [0.3, 0.4) is 0 Å². The minimum atomic E-state index is -0.763. The zero-order chi connectivity index (χ0) is 14.5. The van der Waals surface area contributed by atoms with Gasteiger partial charge < -0.3 is 15.3 Å². The van der Waals surface area contributed by atoms with Crippen molar-refractivity contribution >= 4 is 17.7 Å². The third kappa shape index (κ3) is 3.29. The van der Waals surface area contributed by atoms with Crippen LogP contribution in [0.25, 0.3) is 0 Å². The number of carboxylic acids is 1. The van der Waals surface area contributed by atoms with Crippen LogP contribution in [0.1, 0.15) is 25.3 Å². The lowest BCUT2D eigenvalue weighted by Gasteiger charge is -2.30. The number of hydrogen-bond acceptors (Lipinski definition) is 2. The van der Waals surface area contributed by atoms with E-state index in [1.807, 2.05) is 31.2 Å². The molecule has 5 nitrogen and oxygen atoms in total. The summed E-state index contributed by atoms with van der Waals surface area (Å²) in [4.78, 5) is 24.8. The lowest BCUT2D eigenvalue weighted by atomic mass is 9.97. The third-order valence-corrected chi connectivity index (χ3v) is 3.77. The van der Waals surface area contributed by atoms with Gasteiger partial charge in [0.15, 0.2) is 0 Å². The fraction of sp³-hybridized carbons (Fsp3) is 0.467. The van der Waals surface area contributed by atoms with Gasteiger partial charge >= 0.3 is 12.0 Å². The average molecular weight is 276 g/mol. The number of likely N-dealkylation sites (tertiary alicyclic amines) is 1. The number of aryl methyl sites for hydroxylation is 1. The van der Waals surface area contributed by atoms with Crippen molar-refractivity contribution in [1.82, 2.24) is 4.90 Å². The topological polar surface area (TPSA) is 69.6 Å². The Morgan fingerprint density at radius 1 is 1.30 bits per heavy atom. The standard InChI is InChI=1S/C15H20N2O3/c1-2-11-5-3-4-6-13(11)16-15(20)17-9-7-12(8-10-17)14(18)19/h3-6,12H,2,7-10H2,1H3,(H,16,20)(H,18,19). The van der Waals surface area contributed by atoms with E-state index in [0.717, 1.165) is 17.7 Å². The van der Waals surface area contributed by atoms with Crippen LogP contribution in [-0.2, 0) is 11.2 Å². The zero-order valence-corrected chi connectivity index (χ0v) is 11.6. The number of rotatable bonds is 3. The van der Waals surface area contributed by atoms with Crippen molar-refractivity contribution in [2.75, 3.05) is 18.4 Å². The molecule has 108 valence electrons. The highest BCUT2D eigenvalue weighted by Gasteiger charge is 2.27. The van der Waals surface area contributed by atoms with E-state index < -0.39 is 5.97 Å². The van der Waals surface area contributed by atoms with Gasteiger partial charge in [-0.15, -0.1) is 0 Å². The molecule has 2 N–H and O–H groups in total. The van der Waals surface area contributed by atoms with Crippen molar-refractivity contribution in [3.05, 3.63) is 29.8 Å². The maximum atomic E-state index is 12.2. The van der Waals surface area contributed by atoms with Gasteiger partial charge in [0.1, 0.15) is 0 Å². The molecule has 1 heterocycles. The summed E-state index contributed by atoms with van der Waals surface area (Å²) in [5, 5.41) is 11.9. The molecule has 0 atom stereocenters. The number of nitrogens with zero attached hydrogens (tertiary/aromatic N) is 1. The van der Waals surface area contributed by atoms with Crippen LogP contribution in [0.15, 0.2) is 24.3 Å². The molecule has 5 heteroatoms. The van der Waals surface area contributed by atoms with E-state index in [0.29, 0.717) is 25.9 Å². The van der Waals surface area contributed by atoms with E-state index in [1.54, 1.807) is 4.90 Å². The molecule has 0 unspecified atom stereocenters. The molecule has 20 heavy (non-hydrogen) atoms. The Labute approximate surface area is 118 Å². The molecular weight excluding hydrogens is 256 g/mol. The molecule has 0 aromatic heterocycles. The smallest absolute Gasteiger partial charge is 0.321 e. The number of piperidine rings is 1. The maximum absolute atomic E-state index is 12.2. The minimum Gasteiger partial charge on any atom is -0.481 e. The average Bonchev–Trinajstić information content (AvgIpc) is 2.48. The third-order valence-electron chi connectivity index (χ3n) is 3.77. The van der Waals surface area contributed by atoms with Gasteiger partial charge in [-0.1, -0.05) is 25.1 Å². The van der Waals surface area contributed by atoms with Crippen molar-refractivity contribution < 1.29 is 14.7 Å². The van der Waals surface area contributed by atoms with Crippen LogP contribution < -0.4 is 5.32 Å². The van der Waals surface area contributed by atoms with Crippen LogP contribution in [0.5, 0.6) is 0 Å². The number of para-hydroxylation sites is 1. The van der Waals surface area contributed by atoms with Gasteiger partial charge in [-0.05, 0) is 30.9 Å². The first kappa shape index (κ1) is 14.4. The summed E-state index contributed by atoms with van der Waals surface area (Å²) in [7, 11) is 0. The molecule has 0 bridgehead atoms. The molecule has 0 aliphatic carbocycles. The number of carbonyl (C=O) groups excluding carboxylic acids is 1. The Kier molecular flexibility index (Phi) is 4.61. The predicted molar refractivity (Wildman–Crippen MR) is 76.8 cm³/mol. The maximum Gasteiger partial charge on any atom is 0.321 e. The number of carboxylic acid groups (broad SMARTS) is 1. The van der Waals surface area contributed by atoms with Gasteiger partial charge in [0.05, 0.1) is 5.92 Å². The number of urea groups is 1. The van der Waals surface area contributed by atoms with Gasteiger partial charge in [0.2, 0.25) is 0 Å². The number of carbonyl (C=O) groups is 2. The highest BCUT2D eigenvalue weighted by Crippen LogP contribution is 2.20. The van der Waals surface area contributed by atoms with Crippen molar-refractivity contribution in [3.8, 4) is 0 Å². The monoisotopic (exact) mass is 276 g/mol. The van der Waals surface area contributed by atoms with E-state index >= 15 is 0 Å². The first-order valence-electron chi connectivity index (χ1n) is 6.98. The number of nitrogens with one attached hydrogen (secondary N) is 1. The van der Waals surface area contributed by atoms with Crippen LogP contribution in [0.4, 0.5) is 10.5 Å². The van der Waals surface area contributed by atoms with Crippen molar-refractivity contribution in [3.63, 3.8) is 0 Å². The van der Waals surface area contributed by atoms with Gasteiger partial charge in [-0.2, -0.15) is 0 Å². The summed E-state index contributed by atoms with van der Waals surface area (Å²) in [6, 6.07) is 7.58. The lowest BCUT2D eigenvalue weighted by molar-refractivity contribution is -0.143. The van der Waals surface area contributed by atoms with Gasteiger partial charge in [0.25, 0.3) is 0 Å². The first-order valence-corrected chi connectivity index (χ1v) is 6.98. The zero-order valence-electron chi connectivity index (χ0n) is 11.6. The van der Waals surface area contributed by atoms with Crippen molar-refractivity contribution in [2.45, 2.75) is 26.2 Å². The van der Waals surface area contributed by atoms with Crippen LogP contribution in [-0.4, -0.2) is 35.1 Å². The highest BCUT2D eigenvalue weighted by atomic mass is 16.4. The molecule has 1 aromatic carbocycles. The van der Waals surface area contributed by atoms with Crippen molar-refractivity contribution in [1.29, 1.82) is 0 Å². The quantitative estimate of drug-likeness (QED) is 0.891. The van der Waals surface area contributed by atoms with E-state index in [-0.39, 0.29) is 11.9 Å². The molecule has 2 amide bonds. The van der Waals surface area contributed by atoms with E-state index in [2.05, 4.69) is 5.32 Å². The summed E-state index contributed by atoms with van der Waals surface area (Å²) in [6.45, 7) is 3.04. The van der Waals surface area contributed by atoms with E-state index in [9.17, 15) is 9.59 Å². The van der Waals surface area contributed by atoms with Crippen LogP contribution in [0, 0.1) is 5.92 Å². The number of amides is 2. The predicted octanol–water partition coefficient (Wildman–Crippen LogP) is 2.58. The van der Waals surface area contributed by atoms with Crippen LogP contribution in [0.2, 0.25) is 0 Å². The Morgan fingerprint density at radius 3 is 2.55 bits per heavy atom. The minimum absolute atomic E-state index is 0.144.